The van der Waals surface area contributed by atoms with Crippen molar-refractivity contribution in [1.29, 1.82) is 0 Å². The highest BCUT2D eigenvalue weighted by atomic mass is 16.3. The van der Waals surface area contributed by atoms with Crippen molar-refractivity contribution in [2.45, 2.75) is 45.2 Å². The lowest BCUT2D eigenvalue weighted by Crippen LogP contribution is -2.47. The number of phenolic OH excluding ortho intramolecular Hbond substituents is 1. The lowest BCUT2D eigenvalue weighted by molar-refractivity contribution is -0.134. The molecular formula is C16H24N2O2. The summed E-state index contributed by atoms with van der Waals surface area (Å²) in [7, 11) is 0. The first-order chi connectivity index (χ1) is 9.58. The van der Waals surface area contributed by atoms with Gasteiger partial charge in [0.1, 0.15) is 5.75 Å². The lowest BCUT2D eigenvalue weighted by atomic mass is 10.1. The molecule has 0 aliphatic carbocycles. The number of carbonyl (C=O) groups is 1. The van der Waals surface area contributed by atoms with Gasteiger partial charge in [0.2, 0.25) is 5.91 Å². The molecule has 1 amide bonds. The number of nitrogens with one attached hydrogen (secondary N) is 1. The number of phenols is 1. The molecular weight excluding hydrogens is 252 g/mol. The summed E-state index contributed by atoms with van der Waals surface area (Å²) in [4.78, 5) is 14.3. The van der Waals surface area contributed by atoms with Crippen LogP contribution in [0.2, 0.25) is 0 Å². The maximum atomic E-state index is 12.3. The normalized spacial score (nSPS) is 18.6. The Morgan fingerprint density at radius 3 is 2.35 bits per heavy atom. The van der Waals surface area contributed by atoms with Crippen LogP contribution in [0.4, 0.5) is 0 Å². The number of benzene rings is 1. The molecule has 20 heavy (non-hydrogen) atoms. The van der Waals surface area contributed by atoms with E-state index in [0.29, 0.717) is 0 Å². The fraction of sp³-hybridized carbons (Fsp3) is 0.562. The fourth-order valence-electron chi connectivity index (χ4n) is 2.69. The number of aromatic hydroxyl groups is 1. The summed E-state index contributed by atoms with van der Waals surface area (Å²) < 4.78 is 0. The summed E-state index contributed by atoms with van der Waals surface area (Å²) in [5.74, 6) is 0.453. The fourth-order valence-corrected chi connectivity index (χ4v) is 2.69. The van der Waals surface area contributed by atoms with E-state index in [0.717, 1.165) is 31.5 Å². The van der Waals surface area contributed by atoms with Gasteiger partial charge in [-0.1, -0.05) is 12.1 Å². The van der Waals surface area contributed by atoms with E-state index < -0.39 is 0 Å². The molecule has 4 nitrogen and oxygen atoms in total. The van der Waals surface area contributed by atoms with Gasteiger partial charge >= 0.3 is 0 Å². The summed E-state index contributed by atoms with van der Waals surface area (Å²) >= 11 is 0. The van der Waals surface area contributed by atoms with Crippen LogP contribution in [0.5, 0.6) is 5.75 Å². The van der Waals surface area contributed by atoms with Gasteiger partial charge in [-0.25, -0.2) is 0 Å². The number of rotatable bonds is 4. The Kier molecular flexibility index (Phi) is 5.01. The highest BCUT2D eigenvalue weighted by Crippen LogP contribution is 2.17. The molecule has 2 N–H and O–H groups in total. The Bertz CT molecular complexity index is 438. The van der Waals surface area contributed by atoms with Crippen LogP contribution in [-0.4, -0.2) is 35.0 Å². The van der Waals surface area contributed by atoms with Crippen LogP contribution in [0, 0.1) is 0 Å². The van der Waals surface area contributed by atoms with Crippen LogP contribution >= 0.6 is 0 Å². The highest BCUT2D eigenvalue weighted by Gasteiger charge is 2.23. The first kappa shape index (κ1) is 14.9. The van der Waals surface area contributed by atoms with Crippen LogP contribution in [0.1, 0.15) is 44.7 Å². The van der Waals surface area contributed by atoms with Gasteiger partial charge in [-0.3, -0.25) is 10.1 Å². The predicted molar refractivity (Wildman–Crippen MR) is 79.6 cm³/mol. The van der Waals surface area contributed by atoms with Crippen molar-refractivity contribution in [2.24, 2.45) is 0 Å². The van der Waals surface area contributed by atoms with Crippen molar-refractivity contribution in [2.75, 3.05) is 13.1 Å². The molecule has 1 aromatic rings. The Morgan fingerprint density at radius 2 is 1.75 bits per heavy atom. The van der Waals surface area contributed by atoms with Gasteiger partial charge in [0.15, 0.2) is 0 Å². The van der Waals surface area contributed by atoms with Gasteiger partial charge in [-0.2, -0.15) is 0 Å². The number of likely N-dealkylation sites (tertiary alicyclic amines) is 1. The van der Waals surface area contributed by atoms with Crippen LogP contribution in [0.3, 0.4) is 0 Å². The summed E-state index contributed by atoms with van der Waals surface area (Å²) in [6.07, 6.45) is 3.47. The van der Waals surface area contributed by atoms with Gasteiger partial charge < -0.3 is 10.0 Å². The quantitative estimate of drug-likeness (QED) is 0.888. The van der Waals surface area contributed by atoms with Crippen LogP contribution in [0.15, 0.2) is 24.3 Å². The van der Waals surface area contributed by atoms with E-state index >= 15 is 0 Å². The van der Waals surface area contributed by atoms with Crippen LogP contribution < -0.4 is 5.32 Å². The van der Waals surface area contributed by atoms with Crippen molar-refractivity contribution in [3.05, 3.63) is 29.8 Å². The van der Waals surface area contributed by atoms with E-state index in [1.807, 2.05) is 30.9 Å². The number of nitrogens with zero attached hydrogens (tertiary/aromatic N) is 1. The molecule has 0 spiro atoms. The van der Waals surface area contributed by atoms with Gasteiger partial charge in [0.25, 0.3) is 0 Å². The molecule has 1 aromatic carbocycles. The van der Waals surface area contributed by atoms with Crippen molar-refractivity contribution in [1.82, 2.24) is 10.2 Å². The summed E-state index contributed by atoms with van der Waals surface area (Å²) in [5.41, 5.74) is 1.07. The largest absolute Gasteiger partial charge is 0.508 e. The van der Waals surface area contributed by atoms with E-state index in [9.17, 15) is 9.90 Å². The number of piperidine rings is 1. The van der Waals surface area contributed by atoms with Gasteiger partial charge in [-0.05, 0) is 50.8 Å². The third-order valence-electron chi connectivity index (χ3n) is 3.93. The molecule has 0 saturated carbocycles. The standard InChI is InChI=1S/C16H24N2O2/c1-12(14-6-8-15(19)9-7-14)17-13(2)16(20)18-10-4-3-5-11-18/h6-9,12-13,17,19H,3-5,10-11H2,1-2H3. The molecule has 4 heteroatoms. The third kappa shape index (κ3) is 3.73. The summed E-state index contributed by atoms with van der Waals surface area (Å²) in [5, 5.41) is 12.6. The zero-order chi connectivity index (χ0) is 14.5. The minimum absolute atomic E-state index is 0.0827. The molecule has 2 atom stereocenters. The monoisotopic (exact) mass is 276 g/mol. The molecule has 1 fully saturated rings. The zero-order valence-corrected chi connectivity index (χ0v) is 12.3. The molecule has 2 unspecified atom stereocenters. The van der Waals surface area contributed by atoms with E-state index in [1.165, 1.54) is 6.42 Å². The van der Waals surface area contributed by atoms with Crippen molar-refractivity contribution in [3.63, 3.8) is 0 Å². The topological polar surface area (TPSA) is 52.6 Å². The molecule has 1 saturated heterocycles. The zero-order valence-electron chi connectivity index (χ0n) is 12.3. The third-order valence-corrected chi connectivity index (χ3v) is 3.93. The second kappa shape index (κ2) is 6.75. The lowest BCUT2D eigenvalue weighted by Gasteiger charge is -2.30. The van der Waals surface area contributed by atoms with Gasteiger partial charge in [0, 0.05) is 19.1 Å². The van der Waals surface area contributed by atoms with Gasteiger partial charge in [-0.15, -0.1) is 0 Å². The van der Waals surface area contributed by atoms with Gasteiger partial charge in [0.05, 0.1) is 6.04 Å². The van der Waals surface area contributed by atoms with Crippen LogP contribution in [-0.2, 0) is 4.79 Å². The number of hydrogen-bond donors (Lipinski definition) is 2. The maximum Gasteiger partial charge on any atom is 0.239 e. The number of carbonyl (C=O) groups excluding carboxylic acids is 1. The summed E-state index contributed by atoms with van der Waals surface area (Å²) in [6.45, 7) is 5.73. The Morgan fingerprint density at radius 1 is 1.15 bits per heavy atom. The molecule has 0 radical (unpaired) electrons. The SMILES string of the molecule is CC(NC(C)c1ccc(O)cc1)C(=O)N1CCCCC1. The molecule has 0 bridgehead atoms. The number of amides is 1. The maximum absolute atomic E-state index is 12.3. The van der Waals surface area contributed by atoms with E-state index in [4.69, 9.17) is 0 Å². The predicted octanol–water partition coefficient (Wildman–Crippen LogP) is 2.44. The molecule has 2 rings (SSSR count). The van der Waals surface area contributed by atoms with Crippen molar-refractivity contribution < 1.29 is 9.90 Å². The van der Waals surface area contributed by atoms with E-state index in [2.05, 4.69) is 5.32 Å². The summed E-state index contributed by atoms with van der Waals surface area (Å²) in [6, 6.07) is 7.00. The second-order valence-corrected chi connectivity index (χ2v) is 5.59. The molecule has 1 aliphatic heterocycles. The molecule has 0 aromatic heterocycles. The van der Waals surface area contributed by atoms with Crippen molar-refractivity contribution >= 4 is 5.91 Å². The second-order valence-electron chi connectivity index (χ2n) is 5.59. The Balaban J connectivity index is 1.91. The first-order valence-electron chi connectivity index (χ1n) is 7.41. The Labute approximate surface area is 120 Å². The minimum atomic E-state index is -0.183. The van der Waals surface area contributed by atoms with E-state index in [1.54, 1.807) is 12.1 Å². The average molecular weight is 276 g/mol. The van der Waals surface area contributed by atoms with E-state index in [-0.39, 0.29) is 23.7 Å². The molecule has 1 heterocycles. The minimum Gasteiger partial charge on any atom is -0.508 e. The van der Waals surface area contributed by atoms with Crippen molar-refractivity contribution in [3.8, 4) is 5.75 Å². The molecule has 1 aliphatic rings. The molecule has 110 valence electrons. The number of hydrogen-bond acceptors (Lipinski definition) is 3. The van der Waals surface area contributed by atoms with Crippen LogP contribution in [0.25, 0.3) is 0 Å². The Hall–Kier alpha value is -1.55. The smallest absolute Gasteiger partial charge is 0.239 e. The average Bonchev–Trinajstić information content (AvgIpc) is 2.48. The highest BCUT2D eigenvalue weighted by molar-refractivity contribution is 5.81. The first-order valence-corrected chi connectivity index (χ1v) is 7.41.